The minimum Gasteiger partial charge on any atom is -0.497 e. The van der Waals surface area contributed by atoms with E-state index in [4.69, 9.17) is 25.8 Å². The van der Waals surface area contributed by atoms with E-state index in [1.807, 2.05) is 24.3 Å². The third-order valence-corrected chi connectivity index (χ3v) is 6.49. The number of amides is 1. The van der Waals surface area contributed by atoms with E-state index in [-0.39, 0.29) is 5.69 Å². The SMILES string of the molecule is COc1ccc(NC(=O)c2nn(-c3ccc(OC)c(Cl)c3)c(=O)c3c2c2ccccc2n3C)c(OC)c1. The van der Waals surface area contributed by atoms with Crippen LogP contribution in [-0.2, 0) is 7.05 Å². The Morgan fingerprint density at radius 3 is 2.41 bits per heavy atom. The third kappa shape index (κ3) is 4.03. The summed E-state index contributed by atoms with van der Waals surface area (Å²) in [5, 5.41) is 8.89. The van der Waals surface area contributed by atoms with Crippen molar-refractivity contribution in [3.63, 3.8) is 0 Å². The predicted octanol–water partition coefficient (Wildman–Crippen LogP) is 4.81. The van der Waals surface area contributed by atoms with E-state index < -0.39 is 11.5 Å². The van der Waals surface area contributed by atoms with Gasteiger partial charge in [-0.3, -0.25) is 9.59 Å². The number of halogens is 1. The maximum absolute atomic E-state index is 13.7. The molecule has 0 aliphatic rings. The molecule has 1 N–H and O–H groups in total. The van der Waals surface area contributed by atoms with Crippen LogP contribution in [0, 0.1) is 0 Å². The average Bonchev–Trinajstić information content (AvgIpc) is 3.22. The van der Waals surface area contributed by atoms with Gasteiger partial charge in [0, 0.05) is 29.4 Å². The second kappa shape index (κ2) is 9.51. The molecule has 2 aromatic heterocycles. The van der Waals surface area contributed by atoms with Gasteiger partial charge < -0.3 is 24.1 Å². The summed E-state index contributed by atoms with van der Waals surface area (Å²) < 4.78 is 18.9. The summed E-state index contributed by atoms with van der Waals surface area (Å²) in [6.07, 6.45) is 0. The number of rotatable bonds is 6. The molecule has 0 bridgehead atoms. The van der Waals surface area contributed by atoms with E-state index in [1.165, 1.54) is 18.9 Å². The Morgan fingerprint density at radius 2 is 1.70 bits per heavy atom. The molecule has 37 heavy (non-hydrogen) atoms. The lowest BCUT2D eigenvalue weighted by molar-refractivity contribution is 0.102. The number of anilines is 1. The molecular formula is C27H23ClN4O5. The number of aromatic nitrogens is 3. The fraction of sp³-hybridized carbons (Fsp3) is 0.148. The largest absolute Gasteiger partial charge is 0.497 e. The lowest BCUT2D eigenvalue weighted by Gasteiger charge is -2.14. The summed E-state index contributed by atoms with van der Waals surface area (Å²) in [7, 11) is 6.33. The first kappa shape index (κ1) is 24.2. The Balaban J connectivity index is 1.76. The topological polar surface area (TPSA) is 96.6 Å². The van der Waals surface area contributed by atoms with Gasteiger partial charge in [0.05, 0.1) is 37.7 Å². The number of para-hydroxylation sites is 1. The molecule has 188 valence electrons. The minimum atomic E-state index is -0.516. The minimum absolute atomic E-state index is 0.0659. The molecule has 0 radical (unpaired) electrons. The molecule has 10 heteroatoms. The quantitative estimate of drug-likeness (QED) is 0.346. The van der Waals surface area contributed by atoms with Gasteiger partial charge in [-0.15, -0.1) is 0 Å². The van der Waals surface area contributed by atoms with E-state index in [9.17, 15) is 9.59 Å². The van der Waals surface area contributed by atoms with Crippen LogP contribution < -0.4 is 25.1 Å². The molecule has 5 aromatic rings. The zero-order chi connectivity index (χ0) is 26.3. The first-order valence-corrected chi connectivity index (χ1v) is 11.6. The van der Waals surface area contributed by atoms with E-state index in [0.717, 1.165) is 10.9 Å². The number of benzene rings is 3. The molecule has 0 fully saturated rings. The number of nitrogens with zero attached hydrogens (tertiary/aromatic N) is 3. The van der Waals surface area contributed by atoms with Gasteiger partial charge in [-0.1, -0.05) is 29.8 Å². The summed E-state index contributed by atoms with van der Waals surface area (Å²) in [4.78, 5) is 27.5. The smallest absolute Gasteiger partial charge is 0.296 e. The van der Waals surface area contributed by atoms with Crippen LogP contribution >= 0.6 is 11.6 Å². The second-order valence-corrected chi connectivity index (χ2v) is 8.61. The number of carbonyl (C=O) groups excluding carboxylic acids is 1. The van der Waals surface area contributed by atoms with Crippen LogP contribution in [0.25, 0.3) is 27.5 Å². The first-order valence-electron chi connectivity index (χ1n) is 11.3. The molecule has 5 rings (SSSR count). The Morgan fingerprint density at radius 1 is 0.946 bits per heavy atom. The highest BCUT2D eigenvalue weighted by Gasteiger charge is 2.24. The highest BCUT2D eigenvalue weighted by Crippen LogP contribution is 2.32. The molecule has 0 saturated carbocycles. The summed E-state index contributed by atoms with van der Waals surface area (Å²) in [5.41, 5.74) is 1.60. The summed E-state index contributed by atoms with van der Waals surface area (Å²) >= 11 is 6.34. The molecule has 0 atom stereocenters. The van der Waals surface area contributed by atoms with E-state index >= 15 is 0 Å². The Bertz CT molecular complexity index is 1740. The maximum atomic E-state index is 13.7. The maximum Gasteiger partial charge on any atom is 0.296 e. The molecule has 3 aromatic carbocycles. The third-order valence-electron chi connectivity index (χ3n) is 6.19. The van der Waals surface area contributed by atoms with Crippen molar-refractivity contribution in [3.8, 4) is 22.9 Å². The molecular weight excluding hydrogens is 496 g/mol. The number of hydrogen-bond donors (Lipinski definition) is 1. The average molecular weight is 519 g/mol. The highest BCUT2D eigenvalue weighted by atomic mass is 35.5. The lowest BCUT2D eigenvalue weighted by atomic mass is 10.1. The van der Waals surface area contributed by atoms with Crippen LogP contribution in [0.1, 0.15) is 10.5 Å². The van der Waals surface area contributed by atoms with Crippen molar-refractivity contribution in [1.82, 2.24) is 14.3 Å². The van der Waals surface area contributed by atoms with Crippen molar-refractivity contribution in [3.05, 3.63) is 81.7 Å². The summed E-state index contributed by atoms with van der Waals surface area (Å²) in [6.45, 7) is 0. The number of aryl methyl sites for hydroxylation is 1. The molecule has 0 spiro atoms. The summed E-state index contributed by atoms with van der Waals surface area (Å²) in [5.74, 6) is 0.929. The van der Waals surface area contributed by atoms with Crippen LogP contribution in [0.2, 0.25) is 5.02 Å². The van der Waals surface area contributed by atoms with Gasteiger partial charge in [-0.2, -0.15) is 9.78 Å². The summed E-state index contributed by atoms with van der Waals surface area (Å²) in [6, 6.07) is 17.4. The molecule has 0 saturated heterocycles. The Kier molecular flexibility index (Phi) is 6.22. The zero-order valence-corrected chi connectivity index (χ0v) is 21.3. The van der Waals surface area contributed by atoms with Gasteiger partial charge in [-0.05, 0) is 36.4 Å². The number of methoxy groups -OCH3 is 3. The van der Waals surface area contributed by atoms with Gasteiger partial charge in [0.25, 0.3) is 11.5 Å². The Labute approximate surface area is 216 Å². The Hall–Kier alpha value is -4.50. The highest BCUT2D eigenvalue weighted by molar-refractivity contribution is 6.32. The van der Waals surface area contributed by atoms with Crippen molar-refractivity contribution >= 4 is 45.0 Å². The van der Waals surface area contributed by atoms with Gasteiger partial charge in [0.1, 0.15) is 22.8 Å². The van der Waals surface area contributed by atoms with Crippen LogP contribution in [0.5, 0.6) is 17.2 Å². The molecule has 0 aliphatic heterocycles. The zero-order valence-electron chi connectivity index (χ0n) is 20.5. The van der Waals surface area contributed by atoms with Gasteiger partial charge in [0.2, 0.25) is 0 Å². The van der Waals surface area contributed by atoms with Crippen LogP contribution in [0.4, 0.5) is 5.69 Å². The number of nitrogens with one attached hydrogen (secondary N) is 1. The van der Waals surface area contributed by atoms with Crippen molar-refractivity contribution < 1.29 is 19.0 Å². The molecule has 2 heterocycles. The first-order chi connectivity index (χ1) is 17.9. The normalized spacial score (nSPS) is 11.1. The van der Waals surface area contributed by atoms with Crippen LogP contribution in [0.3, 0.4) is 0 Å². The van der Waals surface area contributed by atoms with Gasteiger partial charge >= 0.3 is 0 Å². The fourth-order valence-electron chi connectivity index (χ4n) is 4.38. The second-order valence-electron chi connectivity index (χ2n) is 8.20. The standard InChI is InChI=1S/C27H23ClN4O5/c1-31-20-8-6-5-7-17(20)23-24(26(33)29-19-11-10-16(35-2)14-22(19)37-4)30-32(27(34)25(23)31)15-9-12-21(36-3)18(28)13-15/h5-14H,1-4H3,(H,29,33). The van der Waals surface area contributed by atoms with E-state index in [2.05, 4.69) is 10.4 Å². The number of fused-ring (bicyclic) bond motifs is 3. The molecule has 0 unspecified atom stereocenters. The monoisotopic (exact) mass is 518 g/mol. The number of ether oxygens (including phenoxy) is 3. The number of hydrogen-bond acceptors (Lipinski definition) is 6. The van der Waals surface area contributed by atoms with Gasteiger partial charge in [-0.25, -0.2) is 0 Å². The van der Waals surface area contributed by atoms with Crippen molar-refractivity contribution in [2.24, 2.45) is 7.05 Å². The fourth-order valence-corrected chi connectivity index (χ4v) is 4.64. The molecule has 0 aliphatic carbocycles. The van der Waals surface area contributed by atoms with E-state index in [1.54, 1.807) is 55.1 Å². The predicted molar refractivity (Wildman–Crippen MR) is 143 cm³/mol. The number of carbonyl (C=O) groups is 1. The lowest BCUT2D eigenvalue weighted by Crippen LogP contribution is -2.27. The van der Waals surface area contributed by atoms with Crippen molar-refractivity contribution in [2.45, 2.75) is 0 Å². The van der Waals surface area contributed by atoms with Crippen LogP contribution in [-0.4, -0.2) is 41.6 Å². The van der Waals surface area contributed by atoms with Crippen molar-refractivity contribution in [2.75, 3.05) is 26.6 Å². The van der Waals surface area contributed by atoms with E-state index in [0.29, 0.717) is 44.5 Å². The molecule has 1 amide bonds. The van der Waals surface area contributed by atoms with Crippen molar-refractivity contribution in [1.29, 1.82) is 0 Å². The van der Waals surface area contributed by atoms with Gasteiger partial charge in [0.15, 0.2) is 5.69 Å². The van der Waals surface area contributed by atoms with Crippen LogP contribution in [0.15, 0.2) is 65.5 Å². The molecule has 9 nitrogen and oxygen atoms in total.